The fraction of sp³-hybridized carbons (Fsp3) is 0.300. The Labute approximate surface area is 152 Å². The Morgan fingerprint density at radius 2 is 1.42 bits per heavy atom. The van der Waals surface area contributed by atoms with E-state index in [0.717, 1.165) is 18.8 Å². The van der Waals surface area contributed by atoms with Gasteiger partial charge in [-0.05, 0) is 55.3 Å². The van der Waals surface area contributed by atoms with Crippen LogP contribution in [0.5, 0.6) is 0 Å². The van der Waals surface area contributed by atoms with Crippen molar-refractivity contribution < 1.29 is 14.7 Å². The average molecular weight is 351 g/mol. The van der Waals surface area contributed by atoms with Crippen molar-refractivity contribution in [2.75, 3.05) is 40.9 Å². The Bertz CT molecular complexity index is 828. The minimum atomic E-state index is -0.993. The van der Waals surface area contributed by atoms with Gasteiger partial charge in [0, 0.05) is 43.2 Å². The first-order chi connectivity index (χ1) is 12.6. The van der Waals surface area contributed by atoms with E-state index < -0.39 is 5.97 Å². The maximum Gasteiger partial charge on any atom is 0.335 e. The number of urea groups is 1. The van der Waals surface area contributed by atoms with E-state index in [-0.39, 0.29) is 11.6 Å². The second-order valence-corrected chi connectivity index (χ2v) is 6.65. The smallest absolute Gasteiger partial charge is 0.335 e. The standard InChI is InChI=1S/C20H21N3O3/c24-19(25)15-4-3-5-18(14-15)23-13-12-22(20(23)26)17-8-6-16(7-9-17)21-10-1-2-11-21/h3-9,14H,1-2,10-13H2,(H,24,25). The van der Waals surface area contributed by atoms with Crippen molar-refractivity contribution in [3.05, 3.63) is 54.1 Å². The van der Waals surface area contributed by atoms with Crippen molar-refractivity contribution in [1.29, 1.82) is 0 Å². The van der Waals surface area contributed by atoms with E-state index in [1.54, 1.807) is 28.0 Å². The number of hydrogen-bond acceptors (Lipinski definition) is 3. The normalized spacial score (nSPS) is 17.2. The van der Waals surface area contributed by atoms with Crippen LogP contribution in [-0.4, -0.2) is 43.3 Å². The van der Waals surface area contributed by atoms with Crippen LogP contribution in [0.25, 0.3) is 0 Å². The molecule has 134 valence electrons. The van der Waals surface area contributed by atoms with Gasteiger partial charge in [-0.2, -0.15) is 0 Å². The lowest BCUT2D eigenvalue weighted by Crippen LogP contribution is -2.31. The van der Waals surface area contributed by atoms with Crippen molar-refractivity contribution >= 4 is 29.1 Å². The molecule has 2 aliphatic rings. The summed E-state index contributed by atoms with van der Waals surface area (Å²) in [7, 11) is 0. The molecule has 6 nitrogen and oxygen atoms in total. The summed E-state index contributed by atoms with van der Waals surface area (Å²) in [5.74, 6) is -0.993. The van der Waals surface area contributed by atoms with Crippen LogP contribution in [-0.2, 0) is 0 Å². The number of benzene rings is 2. The number of carbonyl (C=O) groups excluding carboxylic acids is 1. The third-order valence-electron chi connectivity index (χ3n) is 5.05. The largest absolute Gasteiger partial charge is 0.478 e. The first-order valence-corrected chi connectivity index (χ1v) is 8.91. The zero-order valence-electron chi connectivity index (χ0n) is 14.5. The van der Waals surface area contributed by atoms with E-state index in [1.165, 1.54) is 24.6 Å². The van der Waals surface area contributed by atoms with Crippen LogP contribution in [0.15, 0.2) is 48.5 Å². The molecule has 2 aliphatic heterocycles. The fourth-order valence-corrected chi connectivity index (χ4v) is 3.64. The molecule has 0 spiro atoms. The number of hydrogen-bond donors (Lipinski definition) is 1. The molecule has 0 bridgehead atoms. The zero-order valence-corrected chi connectivity index (χ0v) is 14.5. The number of nitrogens with zero attached hydrogens (tertiary/aromatic N) is 3. The molecular weight excluding hydrogens is 330 g/mol. The molecule has 2 heterocycles. The number of anilines is 3. The third-order valence-corrected chi connectivity index (χ3v) is 5.05. The van der Waals surface area contributed by atoms with Crippen LogP contribution in [0.2, 0.25) is 0 Å². The summed E-state index contributed by atoms with van der Waals surface area (Å²) >= 11 is 0. The predicted octanol–water partition coefficient (Wildman–Crippen LogP) is 3.43. The molecule has 2 saturated heterocycles. The highest BCUT2D eigenvalue weighted by atomic mass is 16.4. The molecule has 2 fully saturated rings. The van der Waals surface area contributed by atoms with Crippen molar-refractivity contribution in [2.45, 2.75) is 12.8 Å². The molecule has 0 radical (unpaired) electrons. The van der Waals surface area contributed by atoms with Gasteiger partial charge >= 0.3 is 12.0 Å². The van der Waals surface area contributed by atoms with Gasteiger partial charge in [0.1, 0.15) is 0 Å². The Kier molecular flexibility index (Phi) is 4.24. The van der Waals surface area contributed by atoms with Gasteiger partial charge in [0.25, 0.3) is 0 Å². The van der Waals surface area contributed by atoms with Gasteiger partial charge in [0.15, 0.2) is 0 Å². The topological polar surface area (TPSA) is 64.1 Å². The van der Waals surface area contributed by atoms with Gasteiger partial charge in [0.2, 0.25) is 0 Å². The molecule has 26 heavy (non-hydrogen) atoms. The Morgan fingerprint density at radius 3 is 2.08 bits per heavy atom. The van der Waals surface area contributed by atoms with E-state index in [4.69, 9.17) is 5.11 Å². The summed E-state index contributed by atoms with van der Waals surface area (Å²) < 4.78 is 0. The van der Waals surface area contributed by atoms with Crippen molar-refractivity contribution in [2.24, 2.45) is 0 Å². The maximum absolute atomic E-state index is 12.8. The number of carboxylic acids is 1. The first kappa shape index (κ1) is 16.4. The van der Waals surface area contributed by atoms with E-state index in [1.807, 2.05) is 12.1 Å². The van der Waals surface area contributed by atoms with Gasteiger partial charge in [-0.3, -0.25) is 9.80 Å². The number of rotatable bonds is 4. The molecule has 0 saturated carbocycles. The Morgan fingerprint density at radius 1 is 0.808 bits per heavy atom. The molecule has 4 rings (SSSR count). The lowest BCUT2D eigenvalue weighted by Gasteiger charge is -2.21. The van der Waals surface area contributed by atoms with Gasteiger partial charge in [0.05, 0.1) is 5.56 Å². The molecule has 2 amide bonds. The minimum Gasteiger partial charge on any atom is -0.478 e. The predicted molar refractivity (Wildman–Crippen MR) is 101 cm³/mol. The molecule has 2 aromatic carbocycles. The first-order valence-electron chi connectivity index (χ1n) is 8.91. The van der Waals surface area contributed by atoms with Crippen LogP contribution >= 0.6 is 0 Å². The molecule has 2 aromatic rings. The Hall–Kier alpha value is -3.02. The number of aromatic carboxylic acids is 1. The SMILES string of the molecule is O=C(O)c1cccc(N2CCN(c3ccc(N4CCCC4)cc3)C2=O)c1. The van der Waals surface area contributed by atoms with E-state index in [9.17, 15) is 9.59 Å². The van der Waals surface area contributed by atoms with Crippen LogP contribution in [0, 0.1) is 0 Å². The quantitative estimate of drug-likeness (QED) is 0.917. The maximum atomic E-state index is 12.8. The lowest BCUT2D eigenvalue weighted by atomic mass is 10.2. The second kappa shape index (κ2) is 6.71. The molecule has 6 heteroatoms. The summed E-state index contributed by atoms with van der Waals surface area (Å²) in [6, 6.07) is 14.5. The second-order valence-electron chi connectivity index (χ2n) is 6.65. The summed E-state index contributed by atoms with van der Waals surface area (Å²) in [5, 5.41) is 9.15. The van der Waals surface area contributed by atoms with Crippen LogP contribution in [0.3, 0.4) is 0 Å². The molecule has 0 aliphatic carbocycles. The van der Waals surface area contributed by atoms with E-state index >= 15 is 0 Å². The van der Waals surface area contributed by atoms with E-state index in [0.29, 0.717) is 18.8 Å². The highest BCUT2D eigenvalue weighted by Gasteiger charge is 2.31. The molecule has 0 unspecified atom stereocenters. The summed E-state index contributed by atoms with van der Waals surface area (Å²) in [4.78, 5) is 29.7. The van der Waals surface area contributed by atoms with Crippen molar-refractivity contribution in [3.63, 3.8) is 0 Å². The summed E-state index contributed by atoms with van der Waals surface area (Å²) in [5.41, 5.74) is 2.87. The summed E-state index contributed by atoms with van der Waals surface area (Å²) in [6.45, 7) is 3.31. The number of carboxylic acid groups (broad SMARTS) is 1. The highest BCUT2D eigenvalue weighted by molar-refractivity contribution is 6.06. The number of amides is 2. The molecular formula is C20H21N3O3. The van der Waals surface area contributed by atoms with Crippen molar-refractivity contribution in [1.82, 2.24) is 0 Å². The van der Waals surface area contributed by atoms with Gasteiger partial charge in [-0.25, -0.2) is 9.59 Å². The Balaban J connectivity index is 1.52. The van der Waals surface area contributed by atoms with Gasteiger partial charge in [-0.1, -0.05) is 6.07 Å². The van der Waals surface area contributed by atoms with Crippen LogP contribution < -0.4 is 14.7 Å². The number of carbonyl (C=O) groups is 2. The van der Waals surface area contributed by atoms with Gasteiger partial charge in [-0.15, -0.1) is 0 Å². The summed E-state index contributed by atoms with van der Waals surface area (Å²) in [6.07, 6.45) is 2.47. The lowest BCUT2D eigenvalue weighted by molar-refractivity contribution is 0.0697. The van der Waals surface area contributed by atoms with Gasteiger partial charge < -0.3 is 10.0 Å². The molecule has 0 aromatic heterocycles. The highest BCUT2D eigenvalue weighted by Crippen LogP contribution is 2.28. The van der Waals surface area contributed by atoms with Crippen molar-refractivity contribution in [3.8, 4) is 0 Å². The van der Waals surface area contributed by atoms with E-state index in [2.05, 4.69) is 17.0 Å². The van der Waals surface area contributed by atoms with Crippen LogP contribution in [0.1, 0.15) is 23.2 Å². The average Bonchev–Trinajstić information content (AvgIpc) is 3.32. The monoisotopic (exact) mass is 351 g/mol. The van der Waals surface area contributed by atoms with Crippen LogP contribution in [0.4, 0.5) is 21.9 Å². The fourth-order valence-electron chi connectivity index (χ4n) is 3.64. The zero-order chi connectivity index (χ0) is 18.1. The molecule has 0 atom stereocenters. The molecule has 1 N–H and O–H groups in total. The third kappa shape index (κ3) is 2.98. The minimum absolute atomic E-state index is 0.124.